The van der Waals surface area contributed by atoms with Gasteiger partial charge >= 0.3 is 66.7 Å². The first-order valence-corrected chi connectivity index (χ1v) is 1.50. The third-order valence-corrected chi connectivity index (χ3v) is 0. The van der Waals surface area contributed by atoms with Crippen molar-refractivity contribution in [2.45, 2.75) is 0 Å². The molecule has 0 aliphatic heterocycles. The summed E-state index contributed by atoms with van der Waals surface area (Å²) in [6, 6.07) is 0. The van der Waals surface area contributed by atoms with E-state index in [9.17, 15) is 0 Å². The molecule has 0 aliphatic rings. The van der Waals surface area contributed by atoms with Gasteiger partial charge in [0, 0.05) is 0 Å². The van der Waals surface area contributed by atoms with Crippen LogP contribution in [0.15, 0.2) is 0 Å². The average molecular weight is 367 g/mol. The van der Waals surface area contributed by atoms with Crippen LogP contribution in [0.5, 0.6) is 0 Å². The molecule has 0 atom stereocenters. The third-order valence-electron chi connectivity index (χ3n) is 0. The van der Waals surface area contributed by atoms with Crippen molar-refractivity contribution >= 4 is 44.9 Å². The van der Waals surface area contributed by atoms with Crippen LogP contribution in [0, 0.1) is 0 Å². The molecule has 0 saturated heterocycles. The Morgan fingerprint density at radius 3 is 1.25 bits per heavy atom. The Hall–Kier alpha value is 1.89. The van der Waals surface area contributed by atoms with Crippen LogP contribution in [0.25, 0.3) is 0 Å². The molecule has 4 heteroatoms. The van der Waals surface area contributed by atoms with Gasteiger partial charge in [0.25, 0.3) is 0 Å². The second-order valence-corrected chi connectivity index (χ2v) is 0. The molecule has 0 spiro atoms. The van der Waals surface area contributed by atoms with E-state index in [1.807, 2.05) is 0 Å². The Morgan fingerprint density at radius 1 is 1.25 bits per heavy atom. The topological polar surface area (TPSA) is 17.1 Å². The molecule has 0 unspecified atom stereocenters. The van der Waals surface area contributed by atoms with Crippen molar-refractivity contribution in [1.29, 1.82) is 0 Å². The maximum absolute atomic E-state index is 8.38. The molecule has 0 saturated carbocycles. The van der Waals surface area contributed by atoms with Crippen molar-refractivity contribution in [2.75, 3.05) is 0 Å². The molecule has 0 fully saturated rings. The number of hydrogen-bond acceptors (Lipinski definition) is 1. The van der Waals surface area contributed by atoms with Crippen molar-refractivity contribution in [3.63, 3.8) is 0 Å². The molecule has 2 radical (unpaired) electrons. The van der Waals surface area contributed by atoms with Crippen molar-refractivity contribution in [3.05, 3.63) is 0 Å². The molecule has 0 aromatic rings. The van der Waals surface area contributed by atoms with E-state index in [-0.39, 0.29) is 63.1 Å². The van der Waals surface area contributed by atoms with Crippen molar-refractivity contribution in [1.82, 2.24) is 0 Å². The zero-order valence-corrected chi connectivity index (χ0v) is 10.3. The normalized spacial score (nSPS) is 1.50. The van der Waals surface area contributed by atoms with E-state index in [4.69, 9.17) is 3.57 Å². The molecule has 0 bridgehead atoms. The van der Waals surface area contributed by atoms with E-state index in [0.717, 1.165) is 0 Å². The minimum absolute atomic E-state index is 0. The Labute approximate surface area is 66.0 Å². The summed E-state index contributed by atoms with van der Waals surface area (Å²) in [5, 5.41) is 0. The van der Waals surface area contributed by atoms with Crippen molar-refractivity contribution in [2.24, 2.45) is 0 Å². The van der Waals surface area contributed by atoms with Crippen LogP contribution >= 0.6 is 0 Å². The van der Waals surface area contributed by atoms with Gasteiger partial charge in [-0.1, -0.05) is 0 Å². The van der Waals surface area contributed by atoms with E-state index in [1.165, 1.54) is 0 Å². The van der Waals surface area contributed by atoms with E-state index in [0.29, 0.717) is 0 Å². The molecule has 4 heavy (non-hydrogen) atoms. The van der Waals surface area contributed by atoms with Gasteiger partial charge < -0.3 is 0 Å². The SMILES string of the molecule is [GeH4].[O]=[Zn].[PbH2]. The molecule has 0 aliphatic carbocycles. The Bertz CT molecular complexity index is 8.00. The van der Waals surface area contributed by atoms with Gasteiger partial charge in [-0.15, -0.1) is 0 Å². The quantitative estimate of drug-likeness (QED) is 0.433. The molecule has 22 valence electrons. The molecule has 0 N–H and O–H groups in total. The van der Waals surface area contributed by atoms with Crippen molar-refractivity contribution < 1.29 is 21.8 Å². The molecule has 0 aromatic carbocycles. The van der Waals surface area contributed by atoms with Crippen LogP contribution < -0.4 is 0 Å². The van der Waals surface area contributed by atoms with Gasteiger partial charge in [0.1, 0.15) is 0 Å². The molecular weight excluding hydrogens is 361 g/mol. The van der Waals surface area contributed by atoms with Crippen LogP contribution in [0.1, 0.15) is 0 Å². The fraction of sp³-hybridized carbons (Fsp3) is 0. The molecule has 0 aromatic heterocycles. The van der Waals surface area contributed by atoms with Gasteiger partial charge in [0.15, 0.2) is 0 Å². The van der Waals surface area contributed by atoms with Gasteiger partial charge in [-0.25, -0.2) is 0 Å². The van der Waals surface area contributed by atoms with Crippen LogP contribution in [-0.2, 0) is 21.8 Å². The van der Waals surface area contributed by atoms with E-state index in [2.05, 4.69) is 0 Å². The second-order valence-electron chi connectivity index (χ2n) is 0. The second kappa shape index (κ2) is 20.7. The third kappa shape index (κ3) is 9.10. The first kappa shape index (κ1) is 16.9. The molecular formula is H6GeOPbZn. The molecule has 1 nitrogen and oxygen atoms in total. The van der Waals surface area contributed by atoms with Crippen LogP contribution in [-0.4, -0.2) is 44.9 Å². The average Bonchev–Trinajstić information content (AvgIpc) is 1.00. The van der Waals surface area contributed by atoms with E-state index in [1.54, 1.807) is 0 Å². The summed E-state index contributed by atoms with van der Waals surface area (Å²) in [7, 11) is 0. The van der Waals surface area contributed by atoms with Gasteiger partial charge in [0.2, 0.25) is 0 Å². The van der Waals surface area contributed by atoms with E-state index < -0.39 is 0 Å². The summed E-state index contributed by atoms with van der Waals surface area (Å²) >= 11 is 0.125. The summed E-state index contributed by atoms with van der Waals surface area (Å²) in [5.74, 6) is 0. The summed E-state index contributed by atoms with van der Waals surface area (Å²) in [6.45, 7) is 0. The first-order chi connectivity index (χ1) is 1.00. The fourth-order valence-electron chi connectivity index (χ4n) is 0. The predicted octanol–water partition coefficient (Wildman–Crippen LogP) is -2.49. The zero-order chi connectivity index (χ0) is 2.00. The van der Waals surface area contributed by atoms with Gasteiger partial charge in [-0.2, -0.15) is 0 Å². The van der Waals surface area contributed by atoms with Crippen LogP contribution in [0.3, 0.4) is 0 Å². The van der Waals surface area contributed by atoms with Gasteiger partial charge in [-0.3, -0.25) is 0 Å². The van der Waals surface area contributed by atoms with Crippen LogP contribution in [0.2, 0.25) is 0 Å². The molecule has 0 rings (SSSR count). The Balaban J connectivity index is -0.00000000500. The van der Waals surface area contributed by atoms with Crippen LogP contribution in [0.4, 0.5) is 0 Å². The van der Waals surface area contributed by atoms with Gasteiger partial charge in [0.05, 0.1) is 0 Å². The Morgan fingerprint density at radius 2 is 1.25 bits per heavy atom. The standard InChI is InChI=1S/GeH4.O.Pb.Zn.2H/h1H4;;;;;. The van der Waals surface area contributed by atoms with Gasteiger partial charge in [-0.05, 0) is 0 Å². The fourth-order valence-corrected chi connectivity index (χ4v) is 0. The monoisotopic (exact) mass is 368 g/mol. The number of hydrogen-bond donors (Lipinski definition) is 0. The summed E-state index contributed by atoms with van der Waals surface area (Å²) in [5.41, 5.74) is 0. The first-order valence-electron chi connectivity index (χ1n) is 0.289. The van der Waals surface area contributed by atoms with E-state index >= 15 is 0 Å². The predicted molar refractivity (Wildman–Crippen MR) is 20.6 cm³/mol. The summed E-state index contributed by atoms with van der Waals surface area (Å²) in [6.07, 6.45) is 0. The summed E-state index contributed by atoms with van der Waals surface area (Å²) in [4.78, 5) is 0. The number of rotatable bonds is 0. The maximum atomic E-state index is 8.38. The molecule has 0 amide bonds. The van der Waals surface area contributed by atoms with Crippen molar-refractivity contribution in [3.8, 4) is 0 Å². The Kier molecular flexibility index (Phi) is 87.4. The minimum atomic E-state index is 0. The summed E-state index contributed by atoms with van der Waals surface area (Å²) < 4.78 is 8.38. The molecule has 0 heterocycles. The zero-order valence-electron chi connectivity index (χ0n) is 1.82.